The van der Waals surface area contributed by atoms with Crippen molar-refractivity contribution in [1.82, 2.24) is 0 Å². The first-order chi connectivity index (χ1) is 51.3. The van der Waals surface area contributed by atoms with Gasteiger partial charge in [-0.15, -0.1) is 0 Å². The highest BCUT2D eigenvalue weighted by Gasteiger charge is 2.19. The van der Waals surface area contributed by atoms with E-state index in [1.165, 1.54) is 0 Å². The third kappa shape index (κ3) is 17.0. The molecule has 0 saturated carbocycles. The molecule has 0 amide bonds. The van der Waals surface area contributed by atoms with Crippen LogP contribution in [0.25, 0.3) is 42.5 Å². The highest BCUT2D eigenvalue weighted by molar-refractivity contribution is 5.85. The first-order valence-electron chi connectivity index (χ1n) is 34.9. The zero-order valence-electron chi connectivity index (χ0n) is 57.9. The predicted octanol–water partition coefficient (Wildman–Crippen LogP) is 26.6. The van der Waals surface area contributed by atoms with Gasteiger partial charge >= 0.3 is 0 Å². The zero-order valence-corrected chi connectivity index (χ0v) is 57.9. The van der Waals surface area contributed by atoms with E-state index in [4.69, 9.17) is 14.2 Å². The van der Waals surface area contributed by atoms with Crippen LogP contribution < -0.4 is 33.8 Å². The molecule has 0 fully saturated rings. The summed E-state index contributed by atoms with van der Waals surface area (Å²) in [6.45, 7) is 13.1. The van der Waals surface area contributed by atoms with Gasteiger partial charge in [0.05, 0.1) is 0 Å². The minimum absolute atomic E-state index is 0.468. The van der Waals surface area contributed by atoms with Crippen LogP contribution in [0, 0.1) is 0 Å². The van der Waals surface area contributed by atoms with Crippen molar-refractivity contribution < 1.29 is 14.2 Å². The summed E-state index contributed by atoms with van der Waals surface area (Å²) in [7, 11) is 0. The summed E-state index contributed by atoms with van der Waals surface area (Å²) in [5.41, 5.74) is 23.3. The van der Waals surface area contributed by atoms with Crippen molar-refractivity contribution in [3.05, 3.63) is 433 Å². The summed E-state index contributed by atoms with van der Waals surface area (Å²) in [6.07, 6.45) is 14.2. The van der Waals surface area contributed by atoms with E-state index < -0.39 is 0 Å². The highest BCUT2D eigenvalue weighted by Crippen LogP contribution is 2.42. The summed E-state index contributed by atoms with van der Waals surface area (Å²) < 4.78 is 18.7. The van der Waals surface area contributed by atoms with Crippen LogP contribution in [0.15, 0.2) is 378 Å². The molecule has 0 heterocycles. The number of para-hydroxylation sites is 3. The summed E-state index contributed by atoms with van der Waals surface area (Å²) in [6, 6.07) is 125. The number of hydrogen-bond donors (Lipinski definition) is 0. The molecule has 0 aliphatic rings. The van der Waals surface area contributed by atoms with Crippen LogP contribution in [-0.4, -0.2) is 0 Å². The highest BCUT2D eigenvalue weighted by atomic mass is 16.5. The van der Waals surface area contributed by atoms with Crippen LogP contribution in [0.5, 0.6) is 17.2 Å². The molecule has 0 unspecified atom stereocenters. The Morgan fingerprint density at radius 3 is 0.538 bits per heavy atom. The Bertz CT molecular complexity index is 4910. The Labute approximate surface area is 611 Å². The van der Waals surface area contributed by atoms with Crippen molar-refractivity contribution in [3.8, 4) is 17.2 Å². The third-order valence-electron chi connectivity index (χ3n) is 18.1. The largest absolute Gasteiger partial charge is 0.489 e. The average molecular weight is 1350 g/mol. The van der Waals surface area contributed by atoms with Crippen LogP contribution in [0.1, 0.15) is 55.6 Å². The first kappa shape index (κ1) is 67.6. The van der Waals surface area contributed by atoms with Gasteiger partial charge in [-0.2, -0.15) is 0 Å². The van der Waals surface area contributed by atoms with Gasteiger partial charge in [0, 0.05) is 68.2 Å². The molecule has 0 aromatic heterocycles. The van der Waals surface area contributed by atoms with Gasteiger partial charge in [0.1, 0.15) is 37.1 Å². The fourth-order valence-electron chi connectivity index (χ4n) is 12.4. The molecule has 0 saturated heterocycles. The quantitative estimate of drug-likeness (QED) is 0.0453. The van der Waals surface area contributed by atoms with E-state index in [1.807, 2.05) is 66.8 Å². The van der Waals surface area contributed by atoms with E-state index in [0.29, 0.717) is 19.8 Å². The van der Waals surface area contributed by atoms with E-state index >= 15 is 0 Å². The van der Waals surface area contributed by atoms with Gasteiger partial charge in [-0.3, -0.25) is 0 Å². The number of anilines is 12. The second-order valence-corrected chi connectivity index (χ2v) is 25.1. The van der Waals surface area contributed by atoms with Crippen LogP contribution in [0.2, 0.25) is 0 Å². The Morgan fingerprint density at radius 1 is 0.183 bits per heavy atom. The van der Waals surface area contributed by atoms with Crippen molar-refractivity contribution in [2.45, 2.75) is 19.8 Å². The lowest BCUT2D eigenvalue weighted by Crippen LogP contribution is -2.12. The minimum Gasteiger partial charge on any atom is -0.489 e. The van der Waals surface area contributed by atoms with Crippen LogP contribution in [0.4, 0.5) is 68.2 Å². The maximum atomic E-state index is 6.26. The molecule has 0 aliphatic heterocycles. The monoisotopic (exact) mass is 1350 g/mol. The SMILES string of the molecule is C=Cc1ccc(COc2ccc(N(c3ccccc3)c3ccc(/C=C/c4ccc(N(c5ccc(/C=C/c6ccc(N(c7ccccc7)c7ccc(OCc8ccc(C=C)cc8)cc7)cc6)cc5)c5ccc(N(c6ccccc6)c6ccc(OCc7ccc(C=C)cc7)cc6)cc5)cc4)cc3)cc2)cc1. The molecule has 14 aromatic rings. The second kappa shape index (κ2) is 33.0. The number of rotatable bonds is 28. The predicted molar refractivity (Wildman–Crippen MR) is 439 cm³/mol. The van der Waals surface area contributed by atoms with Crippen molar-refractivity contribution >= 4 is 111 Å². The summed E-state index contributed by atoms with van der Waals surface area (Å²) in [5.74, 6) is 2.41. The second-order valence-electron chi connectivity index (χ2n) is 25.1. The van der Waals surface area contributed by atoms with E-state index in [1.54, 1.807) is 0 Å². The molecule has 0 N–H and O–H groups in total. The molecule has 104 heavy (non-hydrogen) atoms. The summed E-state index contributed by atoms with van der Waals surface area (Å²) in [5, 5.41) is 0. The van der Waals surface area contributed by atoms with Crippen molar-refractivity contribution in [2.75, 3.05) is 19.6 Å². The van der Waals surface area contributed by atoms with Crippen molar-refractivity contribution in [1.29, 1.82) is 0 Å². The van der Waals surface area contributed by atoms with Crippen LogP contribution >= 0.6 is 0 Å². The number of benzene rings is 14. The summed E-state index contributed by atoms with van der Waals surface area (Å²) in [4.78, 5) is 9.12. The topological polar surface area (TPSA) is 40.7 Å². The minimum atomic E-state index is 0.468. The average Bonchev–Trinajstić information content (AvgIpc) is 0.802. The molecule has 14 aromatic carbocycles. The van der Waals surface area contributed by atoms with Crippen LogP contribution in [0.3, 0.4) is 0 Å². The lowest BCUT2D eigenvalue weighted by atomic mass is 10.1. The zero-order chi connectivity index (χ0) is 70.7. The lowest BCUT2D eigenvalue weighted by Gasteiger charge is -2.28. The van der Waals surface area contributed by atoms with Crippen molar-refractivity contribution in [2.24, 2.45) is 0 Å². The standard InChI is InChI=1S/C97H78N4O3/c1-4-73-22-32-80(33-23-73)70-102-95-64-58-92(59-65-95)98(83-16-10-7-11-17-83)86-46-38-76(39-47-86)28-30-78-42-50-88(51-43-78)101(91-56-54-90(55-57-91)100(85-20-14-9-15-21-85)94-62-68-97(69-63-94)104-72-82-36-26-75(6-3)27-37-82)89-52-44-79(45-53-89)31-29-77-40-48-87(49-41-77)99(84-18-12-8-13-19-84)93-60-66-96(67-61-93)103-71-81-34-24-74(5-2)25-35-81/h4-69H,1-3,70-72H2/b30-28+,31-29+. The van der Waals surface area contributed by atoms with Crippen LogP contribution in [-0.2, 0) is 19.8 Å². The molecule has 7 heteroatoms. The Balaban J connectivity index is 0.704. The molecule has 7 nitrogen and oxygen atoms in total. The first-order valence-corrected chi connectivity index (χ1v) is 34.9. The molecule has 504 valence electrons. The van der Waals surface area contributed by atoms with Gasteiger partial charge in [0.25, 0.3) is 0 Å². The van der Waals surface area contributed by atoms with Gasteiger partial charge in [-0.1, -0.05) is 238 Å². The Kier molecular flexibility index (Phi) is 21.5. The van der Waals surface area contributed by atoms with Gasteiger partial charge in [0.15, 0.2) is 0 Å². The smallest absolute Gasteiger partial charge is 0.119 e. The molecule has 14 rings (SSSR count). The third-order valence-corrected chi connectivity index (χ3v) is 18.1. The maximum absolute atomic E-state index is 6.26. The van der Waals surface area contributed by atoms with Gasteiger partial charge in [-0.25, -0.2) is 0 Å². The normalized spacial score (nSPS) is 11.0. The molecule has 0 atom stereocenters. The van der Waals surface area contributed by atoms with E-state index in [-0.39, 0.29) is 0 Å². The lowest BCUT2D eigenvalue weighted by molar-refractivity contribution is 0.306. The van der Waals surface area contributed by atoms with Gasteiger partial charge < -0.3 is 33.8 Å². The molecule has 0 radical (unpaired) electrons. The Hall–Kier alpha value is -13.6. The van der Waals surface area contributed by atoms with Gasteiger partial charge in [0.2, 0.25) is 0 Å². The molecular formula is C97H78N4O3. The fourth-order valence-corrected chi connectivity index (χ4v) is 12.4. The number of ether oxygens (including phenoxy) is 3. The van der Waals surface area contributed by atoms with E-state index in [2.05, 4.69) is 373 Å². The van der Waals surface area contributed by atoms with Crippen molar-refractivity contribution in [3.63, 3.8) is 0 Å². The number of hydrogen-bond acceptors (Lipinski definition) is 7. The molecule has 0 spiro atoms. The molecular weight excluding hydrogens is 1270 g/mol. The number of nitrogens with zero attached hydrogens (tertiary/aromatic N) is 4. The Morgan fingerprint density at radius 2 is 0.346 bits per heavy atom. The maximum Gasteiger partial charge on any atom is 0.119 e. The van der Waals surface area contributed by atoms with Gasteiger partial charge in [-0.05, 0) is 238 Å². The molecule has 0 bridgehead atoms. The fraction of sp³-hybridized carbons (Fsp3) is 0.0309. The van der Waals surface area contributed by atoms with E-state index in [9.17, 15) is 0 Å². The summed E-state index contributed by atoms with van der Waals surface area (Å²) >= 11 is 0. The molecule has 0 aliphatic carbocycles. The van der Waals surface area contributed by atoms with E-state index in [0.717, 1.165) is 141 Å².